The molecule has 0 aromatic rings. The molecule has 0 radical (unpaired) electrons. The number of likely N-dealkylation sites (N-methyl/N-ethyl adjacent to an activating group) is 1. The molecular weight excluding hydrogens is 314 g/mol. The number of hydrogen-bond donors (Lipinski definition) is 1. The molecule has 0 saturated carbocycles. The van der Waals surface area contributed by atoms with Gasteiger partial charge in [0.1, 0.15) is 5.54 Å². The maximum atomic E-state index is 12.6. The Bertz CT molecular complexity index is 578. The second kappa shape index (κ2) is 6.51. The first-order valence-electron chi connectivity index (χ1n) is 8.18. The molecule has 2 saturated heterocycles. The SMILES string of the molecule is CCN(C[C@H]1N[C@@](CC)(C(=O)OC)[C@H]2C(=O)N(C)C(=O)[C@@H]12)C(C)=O. The van der Waals surface area contributed by atoms with E-state index in [-0.39, 0.29) is 24.3 Å². The molecule has 2 aliphatic rings. The molecule has 0 bridgehead atoms. The summed E-state index contributed by atoms with van der Waals surface area (Å²) >= 11 is 0. The molecule has 2 fully saturated rings. The third kappa shape index (κ3) is 2.49. The second-order valence-electron chi connectivity index (χ2n) is 6.36. The highest BCUT2D eigenvalue weighted by Gasteiger charge is 2.67. The minimum Gasteiger partial charge on any atom is -0.468 e. The number of ether oxygens (including phenoxy) is 1. The van der Waals surface area contributed by atoms with Crippen molar-refractivity contribution in [3.63, 3.8) is 0 Å². The van der Waals surface area contributed by atoms with Crippen LogP contribution in [-0.4, -0.2) is 72.3 Å². The van der Waals surface area contributed by atoms with E-state index in [9.17, 15) is 19.2 Å². The van der Waals surface area contributed by atoms with Gasteiger partial charge in [-0.3, -0.25) is 29.4 Å². The van der Waals surface area contributed by atoms with Crippen molar-refractivity contribution in [1.29, 1.82) is 0 Å². The third-order valence-electron chi connectivity index (χ3n) is 5.33. The van der Waals surface area contributed by atoms with Crippen LogP contribution in [0.4, 0.5) is 0 Å². The minimum atomic E-state index is -1.24. The Morgan fingerprint density at radius 3 is 2.38 bits per heavy atom. The van der Waals surface area contributed by atoms with E-state index < -0.39 is 29.4 Å². The van der Waals surface area contributed by atoms with Crippen LogP contribution in [0.2, 0.25) is 0 Å². The van der Waals surface area contributed by atoms with Gasteiger partial charge >= 0.3 is 5.97 Å². The Kier molecular flexibility index (Phi) is 4.98. The van der Waals surface area contributed by atoms with Crippen LogP contribution >= 0.6 is 0 Å². The summed E-state index contributed by atoms with van der Waals surface area (Å²) in [6.45, 7) is 5.83. The average molecular weight is 339 g/mol. The summed E-state index contributed by atoms with van der Waals surface area (Å²) in [6, 6.07) is -0.473. The lowest BCUT2D eigenvalue weighted by Gasteiger charge is -2.31. The van der Waals surface area contributed by atoms with Crippen LogP contribution in [0.15, 0.2) is 0 Å². The highest BCUT2D eigenvalue weighted by atomic mass is 16.5. The molecule has 8 heteroatoms. The van der Waals surface area contributed by atoms with Crippen LogP contribution in [0.3, 0.4) is 0 Å². The van der Waals surface area contributed by atoms with E-state index in [1.165, 1.54) is 21.1 Å². The predicted octanol–water partition coefficient (Wildman–Crippen LogP) is -0.621. The predicted molar refractivity (Wildman–Crippen MR) is 84.6 cm³/mol. The average Bonchev–Trinajstić information content (AvgIpc) is 3.01. The van der Waals surface area contributed by atoms with Gasteiger partial charge in [0.15, 0.2) is 0 Å². The molecule has 0 spiro atoms. The quantitative estimate of drug-likeness (QED) is 0.530. The van der Waals surface area contributed by atoms with Crippen LogP contribution in [0, 0.1) is 11.8 Å². The summed E-state index contributed by atoms with van der Waals surface area (Å²) in [5, 5.41) is 3.17. The fourth-order valence-electron chi connectivity index (χ4n) is 3.98. The molecule has 2 aliphatic heterocycles. The molecule has 0 aliphatic carbocycles. The fraction of sp³-hybridized carbons (Fsp3) is 0.750. The highest BCUT2D eigenvalue weighted by Crippen LogP contribution is 2.44. The molecule has 0 aromatic carbocycles. The van der Waals surface area contributed by atoms with Gasteiger partial charge in [0.05, 0.1) is 18.9 Å². The first kappa shape index (κ1) is 18.4. The van der Waals surface area contributed by atoms with Crippen LogP contribution in [0.1, 0.15) is 27.2 Å². The van der Waals surface area contributed by atoms with Gasteiger partial charge in [-0.15, -0.1) is 0 Å². The zero-order chi connectivity index (χ0) is 18.2. The number of likely N-dealkylation sites (tertiary alicyclic amines) is 1. The van der Waals surface area contributed by atoms with Crippen LogP contribution in [0.5, 0.6) is 0 Å². The van der Waals surface area contributed by atoms with Crippen LogP contribution in [0.25, 0.3) is 0 Å². The fourth-order valence-corrected chi connectivity index (χ4v) is 3.98. The summed E-state index contributed by atoms with van der Waals surface area (Å²) in [5.41, 5.74) is -1.24. The van der Waals surface area contributed by atoms with E-state index in [1.54, 1.807) is 11.8 Å². The van der Waals surface area contributed by atoms with E-state index in [0.29, 0.717) is 13.0 Å². The number of fused-ring (bicyclic) bond motifs is 1. The smallest absolute Gasteiger partial charge is 0.326 e. The lowest BCUT2D eigenvalue weighted by Crippen LogP contribution is -2.58. The van der Waals surface area contributed by atoms with Crippen molar-refractivity contribution >= 4 is 23.7 Å². The van der Waals surface area contributed by atoms with Gasteiger partial charge in [0.2, 0.25) is 17.7 Å². The third-order valence-corrected chi connectivity index (χ3v) is 5.33. The molecule has 2 rings (SSSR count). The van der Waals surface area contributed by atoms with Crippen molar-refractivity contribution in [2.45, 2.75) is 38.8 Å². The Morgan fingerprint density at radius 2 is 1.92 bits per heavy atom. The van der Waals surface area contributed by atoms with Gasteiger partial charge in [-0.05, 0) is 13.3 Å². The summed E-state index contributed by atoms with van der Waals surface area (Å²) in [5.74, 6) is -2.84. The number of nitrogens with one attached hydrogen (secondary N) is 1. The van der Waals surface area contributed by atoms with E-state index in [1.807, 2.05) is 6.92 Å². The number of carbonyl (C=O) groups is 4. The molecule has 4 atom stereocenters. The number of amides is 3. The molecule has 134 valence electrons. The number of rotatable bonds is 5. The maximum Gasteiger partial charge on any atom is 0.326 e. The van der Waals surface area contributed by atoms with Crippen molar-refractivity contribution < 1.29 is 23.9 Å². The molecule has 2 heterocycles. The monoisotopic (exact) mass is 339 g/mol. The zero-order valence-electron chi connectivity index (χ0n) is 14.8. The zero-order valence-corrected chi connectivity index (χ0v) is 14.8. The number of nitrogens with zero attached hydrogens (tertiary/aromatic N) is 2. The van der Waals surface area contributed by atoms with Gasteiger partial charge in [-0.2, -0.15) is 0 Å². The van der Waals surface area contributed by atoms with Gasteiger partial charge < -0.3 is 9.64 Å². The summed E-state index contributed by atoms with van der Waals surface area (Å²) in [4.78, 5) is 52.0. The van der Waals surface area contributed by atoms with Gasteiger partial charge in [-0.25, -0.2) is 0 Å². The van der Waals surface area contributed by atoms with E-state index in [0.717, 1.165) is 4.90 Å². The first-order chi connectivity index (χ1) is 11.2. The minimum absolute atomic E-state index is 0.118. The van der Waals surface area contributed by atoms with Crippen LogP contribution < -0.4 is 5.32 Å². The van der Waals surface area contributed by atoms with Crippen molar-refractivity contribution in [3.05, 3.63) is 0 Å². The van der Waals surface area contributed by atoms with Crippen molar-refractivity contribution in [2.24, 2.45) is 11.8 Å². The van der Waals surface area contributed by atoms with Crippen LogP contribution in [-0.2, 0) is 23.9 Å². The Labute approximate surface area is 141 Å². The molecule has 3 amide bonds. The lowest BCUT2D eigenvalue weighted by atomic mass is 9.78. The maximum absolute atomic E-state index is 12.6. The van der Waals surface area contributed by atoms with Gasteiger partial charge in [0, 0.05) is 33.1 Å². The van der Waals surface area contributed by atoms with E-state index in [2.05, 4.69) is 5.32 Å². The van der Waals surface area contributed by atoms with Crippen molar-refractivity contribution in [2.75, 3.05) is 27.2 Å². The largest absolute Gasteiger partial charge is 0.468 e. The normalized spacial score (nSPS) is 32.0. The topological polar surface area (TPSA) is 96.0 Å². The molecule has 8 nitrogen and oxygen atoms in total. The number of hydrogen-bond acceptors (Lipinski definition) is 6. The number of esters is 1. The molecule has 0 unspecified atom stereocenters. The number of carbonyl (C=O) groups excluding carboxylic acids is 4. The second-order valence-corrected chi connectivity index (χ2v) is 6.36. The summed E-state index contributed by atoms with van der Waals surface area (Å²) in [7, 11) is 2.70. The Morgan fingerprint density at radius 1 is 1.29 bits per heavy atom. The Hall–Kier alpha value is -1.96. The molecule has 24 heavy (non-hydrogen) atoms. The van der Waals surface area contributed by atoms with Gasteiger partial charge in [0.25, 0.3) is 0 Å². The standard InChI is InChI=1S/C16H25N3O5/c1-6-16(15(23)24-5)12-11(13(21)18(4)14(12)22)10(17-16)8-19(7-2)9(3)20/h10-12,17H,6-8H2,1-5H3/t10-,11+,12-,16-/m1/s1. The Balaban J connectivity index is 2.45. The highest BCUT2D eigenvalue weighted by molar-refractivity contribution is 6.09. The van der Waals surface area contributed by atoms with Gasteiger partial charge in [-0.1, -0.05) is 6.92 Å². The van der Waals surface area contributed by atoms with E-state index >= 15 is 0 Å². The number of methoxy groups -OCH3 is 1. The summed E-state index contributed by atoms with van der Waals surface area (Å²) < 4.78 is 4.92. The first-order valence-corrected chi connectivity index (χ1v) is 8.18. The molecule has 1 N–H and O–H groups in total. The van der Waals surface area contributed by atoms with Crippen molar-refractivity contribution in [1.82, 2.24) is 15.1 Å². The lowest BCUT2D eigenvalue weighted by molar-refractivity contribution is -0.154. The number of imide groups is 1. The molecule has 0 aromatic heterocycles. The van der Waals surface area contributed by atoms with E-state index in [4.69, 9.17) is 4.74 Å². The summed E-state index contributed by atoms with van der Waals surface area (Å²) in [6.07, 6.45) is 0.316. The van der Waals surface area contributed by atoms with Crippen molar-refractivity contribution in [3.8, 4) is 0 Å². The molecular formula is C16H25N3O5.